The van der Waals surface area contributed by atoms with Gasteiger partial charge >= 0.3 is 6.61 Å². The van der Waals surface area contributed by atoms with Gasteiger partial charge in [0.2, 0.25) is 0 Å². The smallest absolute Gasteiger partial charge is 0.387 e. The van der Waals surface area contributed by atoms with E-state index in [-0.39, 0.29) is 5.75 Å². The Morgan fingerprint density at radius 2 is 2.04 bits per heavy atom. The molecule has 0 aliphatic carbocycles. The molecule has 1 heterocycles. The van der Waals surface area contributed by atoms with Gasteiger partial charge in [-0.15, -0.1) is 11.3 Å². The lowest BCUT2D eigenvalue weighted by molar-refractivity contribution is -0.0498. The van der Waals surface area contributed by atoms with Crippen molar-refractivity contribution >= 4 is 17.3 Å². The lowest BCUT2D eigenvalue weighted by Crippen LogP contribution is -2.37. The molecule has 1 aromatic carbocycles. The quantitative estimate of drug-likeness (QED) is 0.646. The highest BCUT2D eigenvalue weighted by Gasteiger charge is 2.08. The van der Waals surface area contributed by atoms with Crippen molar-refractivity contribution in [2.75, 3.05) is 14.1 Å². The van der Waals surface area contributed by atoms with Crippen molar-refractivity contribution in [3.05, 3.63) is 52.2 Å². The van der Waals surface area contributed by atoms with Gasteiger partial charge in [-0.1, -0.05) is 18.2 Å². The molecule has 0 spiro atoms. The van der Waals surface area contributed by atoms with Gasteiger partial charge in [-0.25, -0.2) is 0 Å². The minimum Gasteiger partial charge on any atom is -0.435 e. The Hall–Kier alpha value is -2.15. The number of aliphatic imine (C=N–C) groups is 1. The van der Waals surface area contributed by atoms with Gasteiger partial charge in [0.15, 0.2) is 5.96 Å². The minimum absolute atomic E-state index is 0.159. The van der Waals surface area contributed by atoms with Gasteiger partial charge in [0, 0.05) is 25.5 Å². The van der Waals surface area contributed by atoms with Crippen LogP contribution < -0.4 is 10.1 Å². The lowest BCUT2D eigenvalue weighted by Gasteiger charge is -2.22. The van der Waals surface area contributed by atoms with Gasteiger partial charge in [0.25, 0.3) is 0 Å². The summed E-state index contributed by atoms with van der Waals surface area (Å²) in [6.45, 7) is -1.47. The average molecular weight is 339 g/mol. The SMILES string of the molecule is CN=C(NCc1cccs1)N(C)Cc1ccc(OC(F)F)cc1. The highest BCUT2D eigenvalue weighted by Crippen LogP contribution is 2.16. The topological polar surface area (TPSA) is 36.9 Å². The summed E-state index contributed by atoms with van der Waals surface area (Å²) >= 11 is 1.69. The summed E-state index contributed by atoms with van der Waals surface area (Å²) in [6.07, 6.45) is 0. The van der Waals surface area contributed by atoms with Crippen molar-refractivity contribution in [2.45, 2.75) is 19.7 Å². The molecule has 0 radical (unpaired) electrons. The van der Waals surface area contributed by atoms with E-state index in [9.17, 15) is 8.78 Å². The number of ether oxygens (including phenoxy) is 1. The molecule has 0 fully saturated rings. The van der Waals surface area contributed by atoms with E-state index in [0.29, 0.717) is 6.54 Å². The third-order valence-corrected chi connectivity index (χ3v) is 4.02. The number of guanidine groups is 1. The van der Waals surface area contributed by atoms with Crippen molar-refractivity contribution in [1.82, 2.24) is 10.2 Å². The fraction of sp³-hybridized carbons (Fsp3) is 0.312. The molecule has 0 atom stereocenters. The van der Waals surface area contributed by atoms with E-state index < -0.39 is 6.61 Å². The fourth-order valence-corrected chi connectivity index (χ4v) is 2.73. The summed E-state index contributed by atoms with van der Waals surface area (Å²) in [6, 6.07) is 10.7. The van der Waals surface area contributed by atoms with Gasteiger partial charge in [-0.2, -0.15) is 8.78 Å². The summed E-state index contributed by atoms with van der Waals surface area (Å²) in [5, 5.41) is 5.33. The van der Waals surface area contributed by atoms with E-state index in [0.717, 1.165) is 18.1 Å². The number of halogens is 2. The summed E-state index contributed by atoms with van der Waals surface area (Å²) in [7, 11) is 3.65. The Balaban J connectivity index is 1.89. The summed E-state index contributed by atoms with van der Waals surface area (Å²) in [4.78, 5) is 7.45. The first kappa shape index (κ1) is 17.2. The van der Waals surface area contributed by atoms with Crippen LogP contribution in [0.15, 0.2) is 46.8 Å². The maximum absolute atomic E-state index is 12.1. The van der Waals surface area contributed by atoms with Crippen molar-refractivity contribution in [3.8, 4) is 5.75 Å². The Bertz CT molecular complexity index is 615. The molecule has 2 rings (SSSR count). The maximum Gasteiger partial charge on any atom is 0.387 e. The highest BCUT2D eigenvalue weighted by molar-refractivity contribution is 7.09. The molecular weight excluding hydrogens is 320 g/mol. The normalized spacial score (nSPS) is 11.6. The second-order valence-electron chi connectivity index (χ2n) is 4.86. The van der Waals surface area contributed by atoms with E-state index >= 15 is 0 Å². The summed E-state index contributed by atoms with van der Waals surface area (Å²) < 4.78 is 28.6. The van der Waals surface area contributed by atoms with Gasteiger partial charge in [-0.05, 0) is 29.1 Å². The number of nitrogens with one attached hydrogen (secondary N) is 1. The van der Waals surface area contributed by atoms with Crippen LogP contribution in [-0.2, 0) is 13.1 Å². The molecule has 124 valence electrons. The van der Waals surface area contributed by atoms with E-state index in [1.54, 1.807) is 30.5 Å². The van der Waals surface area contributed by atoms with Crippen LogP contribution in [0.2, 0.25) is 0 Å². The number of hydrogen-bond donors (Lipinski definition) is 1. The first-order chi connectivity index (χ1) is 11.1. The minimum atomic E-state index is -2.80. The van der Waals surface area contributed by atoms with Crippen LogP contribution in [0.1, 0.15) is 10.4 Å². The molecule has 2 aromatic rings. The zero-order valence-corrected chi connectivity index (χ0v) is 13.8. The molecule has 1 N–H and O–H groups in total. The number of thiophene rings is 1. The fourth-order valence-electron chi connectivity index (χ4n) is 2.09. The van der Waals surface area contributed by atoms with Crippen LogP contribution in [0, 0.1) is 0 Å². The van der Waals surface area contributed by atoms with Crippen LogP contribution in [0.3, 0.4) is 0 Å². The van der Waals surface area contributed by atoms with Crippen molar-refractivity contribution < 1.29 is 13.5 Å². The number of nitrogens with zero attached hydrogens (tertiary/aromatic N) is 2. The molecule has 0 aliphatic rings. The van der Waals surface area contributed by atoms with Crippen LogP contribution in [0.4, 0.5) is 8.78 Å². The Labute approximate surface area is 138 Å². The molecule has 0 saturated heterocycles. The highest BCUT2D eigenvalue weighted by atomic mass is 32.1. The van der Waals surface area contributed by atoms with Gasteiger partial charge in [0.05, 0.1) is 6.54 Å². The third kappa shape index (κ3) is 5.52. The largest absolute Gasteiger partial charge is 0.435 e. The average Bonchev–Trinajstić information content (AvgIpc) is 3.03. The molecule has 0 amide bonds. The van der Waals surface area contributed by atoms with Crippen LogP contribution in [-0.4, -0.2) is 31.6 Å². The summed E-state index contributed by atoms with van der Waals surface area (Å²) in [5.41, 5.74) is 0.980. The van der Waals surface area contributed by atoms with E-state index in [1.165, 1.54) is 17.0 Å². The molecule has 7 heteroatoms. The monoisotopic (exact) mass is 339 g/mol. The Morgan fingerprint density at radius 1 is 1.30 bits per heavy atom. The molecule has 0 aliphatic heterocycles. The predicted octanol–water partition coefficient (Wildman–Crippen LogP) is 3.56. The number of alkyl halides is 2. The van der Waals surface area contributed by atoms with Gasteiger partial charge in [-0.3, -0.25) is 4.99 Å². The molecule has 23 heavy (non-hydrogen) atoms. The molecular formula is C16H19F2N3OS. The zero-order valence-electron chi connectivity index (χ0n) is 13.0. The predicted molar refractivity (Wildman–Crippen MR) is 89.1 cm³/mol. The van der Waals surface area contributed by atoms with Crippen molar-refractivity contribution in [1.29, 1.82) is 0 Å². The lowest BCUT2D eigenvalue weighted by atomic mass is 10.2. The standard InChI is InChI=1S/C16H19F2N3OS/c1-19-16(20-10-14-4-3-9-23-14)21(2)11-12-5-7-13(8-6-12)22-15(17)18/h3-9,15H,10-11H2,1-2H3,(H,19,20). The second kappa shape index (κ2) is 8.47. The zero-order chi connectivity index (χ0) is 16.7. The van der Waals surface area contributed by atoms with Crippen molar-refractivity contribution in [3.63, 3.8) is 0 Å². The Kier molecular flexibility index (Phi) is 6.34. The van der Waals surface area contributed by atoms with Crippen LogP contribution >= 0.6 is 11.3 Å². The Morgan fingerprint density at radius 3 is 2.61 bits per heavy atom. The van der Waals surface area contributed by atoms with Crippen LogP contribution in [0.25, 0.3) is 0 Å². The molecule has 1 aromatic heterocycles. The van der Waals surface area contributed by atoms with E-state index in [1.807, 2.05) is 23.4 Å². The van der Waals surface area contributed by atoms with E-state index in [4.69, 9.17) is 0 Å². The third-order valence-electron chi connectivity index (χ3n) is 3.14. The molecule has 0 unspecified atom stereocenters. The number of benzene rings is 1. The number of rotatable bonds is 6. The molecule has 0 saturated carbocycles. The van der Waals surface area contributed by atoms with Crippen LogP contribution in [0.5, 0.6) is 5.75 Å². The van der Waals surface area contributed by atoms with E-state index in [2.05, 4.69) is 21.1 Å². The van der Waals surface area contributed by atoms with Gasteiger partial charge in [0.1, 0.15) is 5.75 Å². The molecule has 4 nitrogen and oxygen atoms in total. The number of hydrogen-bond acceptors (Lipinski definition) is 3. The molecule has 0 bridgehead atoms. The van der Waals surface area contributed by atoms with Crippen molar-refractivity contribution in [2.24, 2.45) is 4.99 Å². The first-order valence-electron chi connectivity index (χ1n) is 7.06. The summed E-state index contributed by atoms with van der Waals surface area (Å²) in [5.74, 6) is 0.929. The maximum atomic E-state index is 12.1. The van der Waals surface area contributed by atoms with Gasteiger partial charge < -0.3 is 15.0 Å². The second-order valence-corrected chi connectivity index (χ2v) is 5.89. The first-order valence-corrected chi connectivity index (χ1v) is 7.94.